The predicted molar refractivity (Wildman–Crippen MR) is 95.3 cm³/mol. The zero-order valence-corrected chi connectivity index (χ0v) is 15.4. The molecule has 1 aromatic rings. The molecule has 1 aliphatic rings. The standard InChI is InChI=1S/C17H27N3O3.ClH/c1-12(2)14(20-15(21)13-5-4-10-23-13)16(22)19-11-17(3)6-8-18-9-7-17;/h4-5,10,12,14,18H,6-9,11H2,1-3H3,(H,19,22)(H,20,21);1H. The third-order valence-electron chi connectivity index (χ3n) is 4.48. The fourth-order valence-electron chi connectivity index (χ4n) is 2.77. The Kier molecular flexibility index (Phi) is 7.76. The summed E-state index contributed by atoms with van der Waals surface area (Å²) in [7, 11) is 0. The summed E-state index contributed by atoms with van der Waals surface area (Å²) in [6.45, 7) is 8.62. The lowest BCUT2D eigenvalue weighted by molar-refractivity contribution is -0.124. The maximum Gasteiger partial charge on any atom is 0.287 e. The highest BCUT2D eigenvalue weighted by Gasteiger charge is 2.30. The summed E-state index contributed by atoms with van der Waals surface area (Å²) in [6, 6.07) is 2.66. The first-order valence-electron chi connectivity index (χ1n) is 8.24. The van der Waals surface area contributed by atoms with E-state index in [-0.39, 0.29) is 41.3 Å². The normalized spacial score (nSPS) is 17.7. The molecule has 2 amide bonds. The summed E-state index contributed by atoms with van der Waals surface area (Å²) in [6.07, 6.45) is 3.52. The van der Waals surface area contributed by atoms with Crippen molar-refractivity contribution in [2.24, 2.45) is 11.3 Å². The highest BCUT2D eigenvalue weighted by atomic mass is 35.5. The fraction of sp³-hybridized carbons (Fsp3) is 0.647. The molecule has 0 aliphatic carbocycles. The highest BCUT2D eigenvalue weighted by molar-refractivity contribution is 5.95. The average Bonchev–Trinajstić information content (AvgIpc) is 3.05. The van der Waals surface area contributed by atoms with Gasteiger partial charge in [-0.2, -0.15) is 0 Å². The minimum absolute atomic E-state index is 0. The van der Waals surface area contributed by atoms with E-state index in [9.17, 15) is 9.59 Å². The fourth-order valence-corrected chi connectivity index (χ4v) is 2.77. The molecule has 0 spiro atoms. The molecule has 1 aromatic heterocycles. The number of hydrogen-bond donors (Lipinski definition) is 3. The van der Waals surface area contributed by atoms with E-state index in [1.54, 1.807) is 12.1 Å². The lowest BCUT2D eigenvalue weighted by Gasteiger charge is -2.34. The van der Waals surface area contributed by atoms with Crippen molar-refractivity contribution in [2.75, 3.05) is 19.6 Å². The van der Waals surface area contributed by atoms with Crippen LogP contribution in [-0.4, -0.2) is 37.5 Å². The number of amides is 2. The molecule has 1 atom stereocenters. The van der Waals surface area contributed by atoms with Crippen LogP contribution in [0.15, 0.2) is 22.8 Å². The van der Waals surface area contributed by atoms with Crippen LogP contribution in [0, 0.1) is 11.3 Å². The van der Waals surface area contributed by atoms with Crippen molar-refractivity contribution < 1.29 is 14.0 Å². The van der Waals surface area contributed by atoms with Gasteiger partial charge in [0.1, 0.15) is 6.04 Å². The number of hydrogen-bond acceptors (Lipinski definition) is 4. The lowest BCUT2D eigenvalue weighted by atomic mass is 9.81. The maximum atomic E-state index is 12.5. The van der Waals surface area contributed by atoms with E-state index in [2.05, 4.69) is 22.9 Å². The van der Waals surface area contributed by atoms with Crippen LogP contribution in [0.2, 0.25) is 0 Å². The lowest BCUT2D eigenvalue weighted by Crippen LogP contribution is -2.52. The second-order valence-electron chi connectivity index (χ2n) is 6.95. The van der Waals surface area contributed by atoms with Crippen LogP contribution in [0.4, 0.5) is 0 Å². The first kappa shape index (κ1) is 20.5. The third-order valence-corrected chi connectivity index (χ3v) is 4.48. The van der Waals surface area contributed by atoms with Gasteiger partial charge >= 0.3 is 0 Å². The van der Waals surface area contributed by atoms with Crippen LogP contribution in [0.5, 0.6) is 0 Å². The number of halogens is 1. The van der Waals surface area contributed by atoms with Crippen molar-refractivity contribution in [1.29, 1.82) is 0 Å². The summed E-state index contributed by atoms with van der Waals surface area (Å²) in [4.78, 5) is 24.6. The molecule has 1 fully saturated rings. The molecule has 24 heavy (non-hydrogen) atoms. The van der Waals surface area contributed by atoms with Crippen molar-refractivity contribution in [3.63, 3.8) is 0 Å². The van der Waals surface area contributed by atoms with Crippen molar-refractivity contribution in [3.05, 3.63) is 24.2 Å². The van der Waals surface area contributed by atoms with Gasteiger partial charge in [-0.1, -0.05) is 20.8 Å². The van der Waals surface area contributed by atoms with Gasteiger partial charge in [0, 0.05) is 6.54 Å². The van der Waals surface area contributed by atoms with E-state index < -0.39 is 6.04 Å². The molecule has 2 heterocycles. The smallest absolute Gasteiger partial charge is 0.287 e. The minimum atomic E-state index is -0.571. The molecule has 0 saturated carbocycles. The van der Waals surface area contributed by atoms with Crippen LogP contribution in [-0.2, 0) is 4.79 Å². The molecule has 0 aromatic carbocycles. The second-order valence-corrected chi connectivity index (χ2v) is 6.95. The predicted octanol–water partition coefficient (Wildman–Crippen LogP) is 1.96. The van der Waals surface area contributed by atoms with Crippen LogP contribution >= 0.6 is 12.4 Å². The quantitative estimate of drug-likeness (QED) is 0.726. The zero-order chi connectivity index (χ0) is 16.9. The molecule has 136 valence electrons. The number of rotatable bonds is 6. The first-order chi connectivity index (χ1) is 10.9. The van der Waals surface area contributed by atoms with Crippen molar-refractivity contribution in [3.8, 4) is 0 Å². The first-order valence-corrected chi connectivity index (χ1v) is 8.24. The van der Waals surface area contributed by atoms with Crippen LogP contribution < -0.4 is 16.0 Å². The van der Waals surface area contributed by atoms with Gasteiger partial charge in [0.25, 0.3) is 5.91 Å². The Balaban J connectivity index is 0.00000288. The van der Waals surface area contributed by atoms with Gasteiger partial charge in [0.05, 0.1) is 6.26 Å². The number of carbonyl (C=O) groups excluding carboxylic acids is 2. The molecular formula is C17H28ClN3O3. The van der Waals surface area contributed by atoms with E-state index in [1.807, 2.05) is 13.8 Å². The van der Waals surface area contributed by atoms with E-state index in [0.717, 1.165) is 25.9 Å². The molecule has 2 rings (SSSR count). The summed E-state index contributed by atoms with van der Waals surface area (Å²) >= 11 is 0. The van der Waals surface area contributed by atoms with Gasteiger partial charge in [-0.15, -0.1) is 12.4 Å². The molecular weight excluding hydrogens is 330 g/mol. The Morgan fingerprint density at radius 1 is 1.33 bits per heavy atom. The Morgan fingerprint density at radius 3 is 2.54 bits per heavy atom. The average molecular weight is 358 g/mol. The Hall–Kier alpha value is -1.53. The zero-order valence-electron chi connectivity index (χ0n) is 14.6. The number of piperidine rings is 1. The monoisotopic (exact) mass is 357 g/mol. The van der Waals surface area contributed by atoms with Gasteiger partial charge in [0.2, 0.25) is 5.91 Å². The van der Waals surface area contributed by atoms with E-state index in [1.165, 1.54) is 6.26 Å². The summed E-state index contributed by atoms with van der Waals surface area (Å²) < 4.78 is 5.08. The summed E-state index contributed by atoms with van der Waals surface area (Å²) in [5.74, 6) is -0.292. The van der Waals surface area contributed by atoms with Crippen molar-refractivity contribution >= 4 is 24.2 Å². The maximum absolute atomic E-state index is 12.5. The van der Waals surface area contributed by atoms with Gasteiger partial charge in [-0.25, -0.2) is 0 Å². The van der Waals surface area contributed by atoms with Crippen molar-refractivity contribution in [2.45, 2.75) is 39.7 Å². The van der Waals surface area contributed by atoms with Gasteiger partial charge in [0.15, 0.2) is 5.76 Å². The van der Waals surface area contributed by atoms with Crippen LogP contribution in [0.3, 0.4) is 0 Å². The Bertz CT molecular complexity index is 525. The number of furan rings is 1. The Labute approximate surface area is 149 Å². The minimum Gasteiger partial charge on any atom is -0.459 e. The summed E-state index contributed by atoms with van der Waals surface area (Å²) in [5, 5.41) is 9.10. The third kappa shape index (κ3) is 5.53. The van der Waals surface area contributed by atoms with Crippen molar-refractivity contribution in [1.82, 2.24) is 16.0 Å². The SMILES string of the molecule is CC(C)C(NC(=O)c1ccco1)C(=O)NCC1(C)CCNCC1.Cl. The van der Waals surface area contributed by atoms with E-state index >= 15 is 0 Å². The largest absolute Gasteiger partial charge is 0.459 e. The van der Waals surface area contributed by atoms with Gasteiger partial charge in [-0.3, -0.25) is 9.59 Å². The molecule has 1 aliphatic heterocycles. The highest BCUT2D eigenvalue weighted by Crippen LogP contribution is 2.26. The summed E-state index contributed by atoms with van der Waals surface area (Å²) in [5.41, 5.74) is 0.119. The molecule has 1 saturated heterocycles. The molecule has 6 nitrogen and oxygen atoms in total. The molecule has 3 N–H and O–H groups in total. The molecule has 0 radical (unpaired) electrons. The van der Waals surface area contributed by atoms with Crippen LogP contribution in [0.1, 0.15) is 44.2 Å². The van der Waals surface area contributed by atoms with E-state index in [0.29, 0.717) is 6.54 Å². The van der Waals surface area contributed by atoms with Gasteiger partial charge < -0.3 is 20.4 Å². The van der Waals surface area contributed by atoms with E-state index in [4.69, 9.17) is 4.42 Å². The molecule has 0 bridgehead atoms. The van der Waals surface area contributed by atoms with Gasteiger partial charge in [-0.05, 0) is 49.4 Å². The number of carbonyl (C=O) groups is 2. The molecule has 1 unspecified atom stereocenters. The van der Waals surface area contributed by atoms with Crippen LogP contribution in [0.25, 0.3) is 0 Å². The number of nitrogens with one attached hydrogen (secondary N) is 3. The molecule has 7 heteroatoms. The second kappa shape index (κ2) is 9.08. The Morgan fingerprint density at radius 2 is 2.00 bits per heavy atom. The topological polar surface area (TPSA) is 83.4 Å².